The zero-order chi connectivity index (χ0) is 7.56. The Bertz CT molecular complexity index is 217. The van der Waals surface area contributed by atoms with Crippen LogP contribution in [0.5, 0.6) is 0 Å². The number of oxazole rings is 1. The van der Waals surface area contributed by atoms with Crippen molar-refractivity contribution in [2.75, 3.05) is 0 Å². The molecule has 0 bridgehead atoms. The Hall–Kier alpha value is -1.32. The van der Waals surface area contributed by atoms with Crippen LogP contribution in [-0.2, 0) is 4.79 Å². The van der Waals surface area contributed by atoms with Gasteiger partial charge in [-0.05, 0) is 6.92 Å². The molecular weight excluding hydrogens is 134 g/mol. The van der Waals surface area contributed by atoms with Crippen molar-refractivity contribution >= 4 is 5.97 Å². The number of hydrogen-bond acceptors (Lipinski definition) is 3. The van der Waals surface area contributed by atoms with Gasteiger partial charge in [0.1, 0.15) is 6.26 Å². The van der Waals surface area contributed by atoms with E-state index in [0.717, 1.165) is 0 Å². The number of rotatable bonds is 2. The maximum atomic E-state index is 10.3. The fraction of sp³-hybridized carbons (Fsp3) is 0.333. The predicted octanol–water partition coefficient (Wildman–Crippen LogP) is 0.863. The first-order chi connectivity index (χ1) is 4.72. The Labute approximate surface area is 57.5 Å². The van der Waals surface area contributed by atoms with Crippen LogP contribution in [0.3, 0.4) is 0 Å². The topological polar surface area (TPSA) is 63.3 Å². The average Bonchev–Trinajstić information content (AvgIpc) is 2.36. The van der Waals surface area contributed by atoms with Gasteiger partial charge in [-0.25, -0.2) is 4.98 Å². The summed E-state index contributed by atoms with van der Waals surface area (Å²) in [6, 6.07) is 0. The maximum absolute atomic E-state index is 10.3. The highest BCUT2D eigenvalue weighted by Gasteiger charge is 2.15. The number of carboxylic acids is 1. The molecule has 0 aliphatic heterocycles. The molecule has 1 rings (SSSR count). The number of hydrogen-bond donors (Lipinski definition) is 1. The molecule has 4 nitrogen and oxygen atoms in total. The van der Waals surface area contributed by atoms with Crippen LogP contribution < -0.4 is 0 Å². The van der Waals surface area contributed by atoms with Crippen molar-refractivity contribution in [3.63, 3.8) is 0 Å². The molecule has 0 aliphatic carbocycles. The zero-order valence-electron chi connectivity index (χ0n) is 5.44. The van der Waals surface area contributed by atoms with Gasteiger partial charge in [0.25, 0.3) is 0 Å². The van der Waals surface area contributed by atoms with E-state index >= 15 is 0 Å². The Morgan fingerprint density at radius 3 is 3.00 bits per heavy atom. The van der Waals surface area contributed by atoms with Gasteiger partial charge in [0.05, 0.1) is 11.6 Å². The lowest BCUT2D eigenvalue weighted by molar-refractivity contribution is -0.138. The third kappa shape index (κ3) is 1.15. The smallest absolute Gasteiger partial charge is 0.312 e. The molecule has 0 saturated carbocycles. The largest absolute Gasteiger partial charge is 0.481 e. The number of nitrogens with zero attached hydrogens (tertiary/aromatic N) is 1. The lowest BCUT2D eigenvalue weighted by Gasteiger charge is -1.97. The first kappa shape index (κ1) is 6.80. The average molecular weight is 141 g/mol. The molecule has 1 unspecified atom stereocenters. The molecular formula is C6H7NO3. The molecule has 0 saturated heterocycles. The van der Waals surface area contributed by atoms with Crippen molar-refractivity contribution in [1.82, 2.24) is 4.98 Å². The van der Waals surface area contributed by atoms with Crippen molar-refractivity contribution in [3.8, 4) is 0 Å². The number of carboxylic acid groups (broad SMARTS) is 1. The highest BCUT2D eigenvalue weighted by atomic mass is 16.4. The zero-order valence-corrected chi connectivity index (χ0v) is 5.44. The van der Waals surface area contributed by atoms with Crippen LogP contribution in [-0.4, -0.2) is 16.1 Å². The summed E-state index contributed by atoms with van der Waals surface area (Å²) < 4.78 is 4.61. The van der Waals surface area contributed by atoms with Crippen LogP contribution in [0.2, 0.25) is 0 Å². The van der Waals surface area contributed by atoms with Gasteiger partial charge in [-0.1, -0.05) is 0 Å². The third-order valence-electron chi connectivity index (χ3n) is 1.27. The molecule has 0 aliphatic rings. The van der Waals surface area contributed by atoms with Gasteiger partial charge in [-0.2, -0.15) is 0 Å². The Balaban J connectivity index is 2.77. The molecule has 1 aromatic heterocycles. The van der Waals surface area contributed by atoms with E-state index in [9.17, 15) is 4.79 Å². The highest BCUT2D eigenvalue weighted by Crippen LogP contribution is 2.11. The normalized spacial score (nSPS) is 12.9. The summed E-state index contributed by atoms with van der Waals surface area (Å²) in [5.41, 5.74) is 0.451. The van der Waals surface area contributed by atoms with Crippen LogP contribution in [0.25, 0.3) is 0 Å². The van der Waals surface area contributed by atoms with Crippen LogP contribution in [0, 0.1) is 0 Å². The van der Waals surface area contributed by atoms with E-state index in [2.05, 4.69) is 9.40 Å². The molecule has 1 aromatic rings. The van der Waals surface area contributed by atoms with Gasteiger partial charge in [0.15, 0.2) is 6.39 Å². The van der Waals surface area contributed by atoms with Crippen molar-refractivity contribution in [2.24, 2.45) is 0 Å². The van der Waals surface area contributed by atoms with Gasteiger partial charge >= 0.3 is 5.97 Å². The van der Waals surface area contributed by atoms with Gasteiger partial charge in [-0.15, -0.1) is 0 Å². The van der Waals surface area contributed by atoms with E-state index in [1.807, 2.05) is 0 Å². The Morgan fingerprint density at radius 2 is 2.60 bits per heavy atom. The molecule has 1 N–H and O–H groups in total. The minimum atomic E-state index is -0.895. The monoisotopic (exact) mass is 141 g/mol. The fourth-order valence-electron chi connectivity index (χ4n) is 0.562. The van der Waals surface area contributed by atoms with Crippen LogP contribution in [0.4, 0.5) is 0 Å². The standard InChI is InChI=1S/C6H7NO3/c1-4(6(8)9)5-2-10-3-7-5/h2-4H,1H3,(H,8,9). The summed E-state index contributed by atoms with van der Waals surface area (Å²) in [5, 5.41) is 8.47. The summed E-state index contributed by atoms with van der Waals surface area (Å²) >= 11 is 0. The van der Waals surface area contributed by atoms with Crippen molar-refractivity contribution < 1.29 is 14.3 Å². The van der Waals surface area contributed by atoms with Crippen LogP contribution >= 0.6 is 0 Å². The van der Waals surface area contributed by atoms with Crippen molar-refractivity contribution in [1.29, 1.82) is 0 Å². The Morgan fingerprint density at radius 1 is 1.90 bits per heavy atom. The molecule has 0 spiro atoms. The van der Waals surface area contributed by atoms with Gasteiger partial charge < -0.3 is 9.52 Å². The molecule has 54 valence electrons. The predicted molar refractivity (Wildman–Crippen MR) is 32.6 cm³/mol. The molecule has 1 atom stereocenters. The maximum Gasteiger partial charge on any atom is 0.312 e. The third-order valence-corrected chi connectivity index (χ3v) is 1.27. The summed E-state index contributed by atoms with van der Waals surface area (Å²) in [5.74, 6) is -1.48. The molecule has 1 heterocycles. The first-order valence-corrected chi connectivity index (χ1v) is 2.82. The van der Waals surface area contributed by atoms with Gasteiger partial charge in [0, 0.05) is 0 Å². The second kappa shape index (κ2) is 2.51. The summed E-state index contributed by atoms with van der Waals surface area (Å²) in [4.78, 5) is 14.0. The molecule has 0 fully saturated rings. The molecule has 4 heteroatoms. The summed E-state index contributed by atoms with van der Waals surface area (Å²) in [7, 11) is 0. The fourth-order valence-corrected chi connectivity index (χ4v) is 0.562. The SMILES string of the molecule is CC(C(=O)O)c1cocn1. The van der Waals surface area contributed by atoms with E-state index in [0.29, 0.717) is 5.69 Å². The van der Waals surface area contributed by atoms with Gasteiger partial charge in [-0.3, -0.25) is 4.79 Å². The number of aromatic nitrogens is 1. The van der Waals surface area contributed by atoms with Gasteiger partial charge in [0.2, 0.25) is 0 Å². The van der Waals surface area contributed by atoms with E-state index in [1.165, 1.54) is 12.7 Å². The van der Waals surface area contributed by atoms with E-state index in [4.69, 9.17) is 5.11 Å². The summed E-state index contributed by atoms with van der Waals surface area (Å²) in [6.45, 7) is 1.56. The first-order valence-electron chi connectivity index (χ1n) is 2.82. The summed E-state index contributed by atoms with van der Waals surface area (Å²) in [6.07, 6.45) is 2.55. The lowest BCUT2D eigenvalue weighted by Crippen LogP contribution is -2.07. The Kier molecular flexibility index (Phi) is 1.71. The number of carbonyl (C=O) groups is 1. The molecule has 0 aromatic carbocycles. The highest BCUT2D eigenvalue weighted by molar-refractivity contribution is 5.74. The minimum absolute atomic E-state index is 0.451. The minimum Gasteiger partial charge on any atom is -0.481 e. The lowest BCUT2D eigenvalue weighted by atomic mass is 10.1. The van der Waals surface area contributed by atoms with E-state index in [1.54, 1.807) is 6.92 Å². The van der Waals surface area contributed by atoms with Crippen molar-refractivity contribution in [3.05, 3.63) is 18.4 Å². The number of aliphatic carboxylic acids is 1. The second-order valence-electron chi connectivity index (χ2n) is 1.97. The van der Waals surface area contributed by atoms with Crippen molar-refractivity contribution in [2.45, 2.75) is 12.8 Å². The van der Waals surface area contributed by atoms with E-state index < -0.39 is 11.9 Å². The molecule has 0 radical (unpaired) electrons. The molecule has 10 heavy (non-hydrogen) atoms. The molecule has 0 amide bonds. The van der Waals surface area contributed by atoms with Crippen LogP contribution in [0.15, 0.2) is 17.1 Å². The quantitative estimate of drug-likeness (QED) is 0.663. The van der Waals surface area contributed by atoms with Crippen LogP contribution in [0.1, 0.15) is 18.5 Å². The van der Waals surface area contributed by atoms with E-state index in [-0.39, 0.29) is 0 Å². The second-order valence-corrected chi connectivity index (χ2v) is 1.97.